The predicted molar refractivity (Wildman–Crippen MR) is 101 cm³/mol. The van der Waals surface area contributed by atoms with Crippen molar-refractivity contribution in [3.05, 3.63) is 28.8 Å². The molecule has 0 radical (unpaired) electrons. The first-order valence-electron chi connectivity index (χ1n) is 9.20. The van der Waals surface area contributed by atoms with Crippen LogP contribution < -0.4 is 4.72 Å². The number of amides is 1. The van der Waals surface area contributed by atoms with Gasteiger partial charge in [0.15, 0.2) is 0 Å². The Labute approximate surface area is 164 Å². The number of aliphatic hydroxyl groups is 1. The standard InChI is InChI=1S/C18H25ClN2O5S/c1-2-12-10-21(11-16(12)22)18(23)13-5-6-15(19)17(8-13)27(24,25)20-9-14-4-3-7-26-14/h5-6,8,12,14,16,20,22H,2-4,7,9-11H2,1H3. The molecule has 2 N–H and O–H groups in total. The molecule has 1 aromatic rings. The van der Waals surface area contributed by atoms with Gasteiger partial charge < -0.3 is 14.7 Å². The molecule has 1 amide bonds. The Bertz CT molecular complexity index is 795. The van der Waals surface area contributed by atoms with Gasteiger partial charge in [0, 0.05) is 37.7 Å². The number of likely N-dealkylation sites (tertiary alicyclic amines) is 1. The Morgan fingerprint density at radius 2 is 2.19 bits per heavy atom. The lowest BCUT2D eigenvalue weighted by Crippen LogP contribution is -2.32. The summed E-state index contributed by atoms with van der Waals surface area (Å²) in [4.78, 5) is 14.2. The minimum atomic E-state index is -3.87. The monoisotopic (exact) mass is 416 g/mol. The molecule has 0 bridgehead atoms. The molecule has 7 nitrogen and oxygen atoms in total. The third kappa shape index (κ3) is 4.63. The predicted octanol–water partition coefficient (Wildman–Crippen LogP) is 1.64. The molecule has 150 valence electrons. The van der Waals surface area contributed by atoms with Crippen LogP contribution in [0.2, 0.25) is 5.02 Å². The second-order valence-electron chi connectivity index (χ2n) is 7.08. The second-order valence-corrected chi connectivity index (χ2v) is 9.22. The molecule has 3 unspecified atom stereocenters. The van der Waals surface area contributed by atoms with Crippen LogP contribution in [0.15, 0.2) is 23.1 Å². The smallest absolute Gasteiger partial charge is 0.253 e. The first kappa shape index (κ1) is 20.5. The van der Waals surface area contributed by atoms with Gasteiger partial charge in [0.05, 0.1) is 17.2 Å². The van der Waals surface area contributed by atoms with Gasteiger partial charge in [-0.1, -0.05) is 18.5 Å². The fraction of sp³-hybridized carbons (Fsp3) is 0.611. The SMILES string of the molecule is CCC1CN(C(=O)c2ccc(Cl)c(S(=O)(=O)NCC3CCCO3)c2)CC1O. The molecule has 27 heavy (non-hydrogen) atoms. The van der Waals surface area contributed by atoms with Gasteiger partial charge in [-0.25, -0.2) is 13.1 Å². The Kier molecular flexibility index (Phi) is 6.43. The highest BCUT2D eigenvalue weighted by Gasteiger charge is 2.33. The van der Waals surface area contributed by atoms with Gasteiger partial charge in [-0.05, 0) is 37.5 Å². The third-order valence-corrected chi connectivity index (χ3v) is 7.12. The van der Waals surface area contributed by atoms with Gasteiger partial charge in [0.1, 0.15) is 4.90 Å². The van der Waals surface area contributed by atoms with Crippen molar-refractivity contribution in [1.29, 1.82) is 0 Å². The fourth-order valence-electron chi connectivity index (χ4n) is 3.53. The van der Waals surface area contributed by atoms with Gasteiger partial charge >= 0.3 is 0 Å². The lowest BCUT2D eigenvalue weighted by molar-refractivity contribution is 0.0764. The Balaban J connectivity index is 1.76. The molecule has 2 aliphatic heterocycles. The van der Waals surface area contributed by atoms with E-state index < -0.39 is 16.1 Å². The molecule has 2 fully saturated rings. The number of benzene rings is 1. The number of nitrogens with one attached hydrogen (secondary N) is 1. The maximum Gasteiger partial charge on any atom is 0.253 e. The van der Waals surface area contributed by atoms with E-state index in [1.54, 1.807) is 4.90 Å². The van der Waals surface area contributed by atoms with Crippen LogP contribution in [0.4, 0.5) is 0 Å². The molecule has 0 aliphatic carbocycles. The van der Waals surface area contributed by atoms with Crippen LogP contribution in [-0.4, -0.2) is 62.8 Å². The van der Waals surface area contributed by atoms with Gasteiger partial charge in [0.2, 0.25) is 10.0 Å². The quantitative estimate of drug-likeness (QED) is 0.734. The van der Waals surface area contributed by atoms with Crippen molar-refractivity contribution in [2.45, 2.75) is 43.3 Å². The van der Waals surface area contributed by atoms with Crippen molar-refractivity contribution < 1.29 is 23.1 Å². The molecule has 0 saturated carbocycles. The number of rotatable bonds is 6. The van der Waals surface area contributed by atoms with Crippen molar-refractivity contribution >= 4 is 27.5 Å². The molecule has 2 heterocycles. The number of carbonyl (C=O) groups excluding carboxylic acids is 1. The van der Waals surface area contributed by atoms with Crippen molar-refractivity contribution in [3.63, 3.8) is 0 Å². The molecule has 9 heteroatoms. The minimum Gasteiger partial charge on any atom is -0.391 e. The van der Waals surface area contributed by atoms with E-state index in [0.29, 0.717) is 13.2 Å². The number of ether oxygens (including phenoxy) is 1. The number of carbonyl (C=O) groups is 1. The number of hydrogen-bond donors (Lipinski definition) is 2. The van der Waals surface area contributed by atoms with E-state index in [4.69, 9.17) is 16.3 Å². The summed E-state index contributed by atoms with van der Waals surface area (Å²) in [7, 11) is -3.87. The van der Waals surface area contributed by atoms with Crippen molar-refractivity contribution in [1.82, 2.24) is 9.62 Å². The van der Waals surface area contributed by atoms with Crippen LogP contribution >= 0.6 is 11.6 Å². The summed E-state index contributed by atoms with van der Waals surface area (Å²) in [6, 6.07) is 4.23. The summed E-state index contributed by atoms with van der Waals surface area (Å²) in [6.07, 6.45) is 1.81. The van der Waals surface area contributed by atoms with Crippen molar-refractivity contribution in [3.8, 4) is 0 Å². The number of β-amino-alcohol motifs (C(OH)–C–C–N with tert-alkyl or cyclic N) is 1. The van der Waals surface area contributed by atoms with Gasteiger partial charge in [-0.3, -0.25) is 4.79 Å². The highest BCUT2D eigenvalue weighted by Crippen LogP contribution is 2.26. The van der Waals surface area contributed by atoms with Crippen LogP contribution in [0.1, 0.15) is 36.5 Å². The van der Waals surface area contributed by atoms with Crippen molar-refractivity contribution in [2.75, 3.05) is 26.2 Å². The number of hydrogen-bond acceptors (Lipinski definition) is 5. The fourth-order valence-corrected chi connectivity index (χ4v) is 5.12. The van der Waals surface area contributed by atoms with Gasteiger partial charge in [0.25, 0.3) is 5.91 Å². The summed E-state index contributed by atoms with van der Waals surface area (Å²) < 4.78 is 33.2. The zero-order chi connectivity index (χ0) is 19.6. The number of halogens is 1. The highest BCUT2D eigenvalue weighted by atomic mass is 35.5. The van der Waals surface area contributed by atoms with E-state index >= 15 is 0 Å². The lowest BCUT2D eigenvalue weighted by Gasteiger charge is -2.17. The minimum absolute atomic E-state index is 0.0394. The maximum atomic E-state index is 12.7. The molecule has 2 saturated heterocycles. The number of nitrogens with zero attached hydrogens (tertiary/aromatic N) is 1. The van der Waals surface area contributed by atoms with E-state index in [2.05, 4.69) is 4.72 Å². The molecule has 2 aliphatic rings. The van der Waals surface area contributed by atoms with Crippen molar-refractivity contribution in [2.24, 2.45) is 5.92 Å². The zero-order valence-electron chi connectivity index (χ0n) is 15.2. The molecular weight excluding hydrogens is 392 g/mol. The largest absolute Gasteiger partial charge is 0.391 e. The van der Waals surface area contributed by atoms with E-state index in [1.165, 1.54) is 18.2 Å². The first-order valence-corrected chi connectivity index (χ1v) is 11.1. The lowest BCUT2D eigenvalue weighted by atomic mass is 10.0. The zero-order valence-corrected chi connectivity index (χ0v) is 16.8. The average molecular weight is 417 g/mol. The van der Waals surface area contributed by atoms with E-state index in [-0.39, 0.29) is 46.5 Å². The van der Waals surface area contributed by atoms with Crippen LogP contribution in [0, 0.1) is 5.92 Å². The Hall–Kier alpha value is -1.19. The number of sulfonamides is 1. The normalized spacial score (nSPS) is 25.9. The van der Waals surface area contributed by atoms with E-state index in [1.807, 2.05) is 6.92 Å². The summed E-state index contributed by atoms with van der Waals surface area (Å²) in [5.74, 6) is -0.269. The van der Waals surface area contributed by atoms with Gasteiger partial charge in [-0.2, -0.15) is 0 Å². The second kappa shape index (κ2) is 8.45. The molecule has 0 aromatic heterocycles. The Morgan fingerprint density at radius 3 is 2.81 bits per heavy atom. The van der Waals surface area contributed by atoms with Crippen LogP contribution in [0.5, 0.6) is 0 Å². The summed E-state index contributed by atoms with van der Waals surface area (Å²) in [5.41, 5.74) is 0.237. The van der Waals surface area contributed by atoms with E-state index in [0.717, 1.165) is 19.3 Å². The number of aliphatic hydroxyl groups excluding tert-OH is 1. The maximum absolute atomic E-state index is 12.7. The molecule has 0 spiro atoms. The summed E-state index contributed by atoms with van der Waals surface area (Å²) >= 11 is 6.09. The van der Waals surface area contributed by atoms with E-state index in [9.17, 15) is 18.3 Å². The first-order chi connectivity index (χ1) is 12.8. The molecule has 3 rings (SSSR count). The van der Waals surface area contributed by atoms with Crippen LogP contribution in [0.25, 0.3) is 0 Å². The molecular formula is C18H25ClN2O5S. The highest BCUT2D eigenvalue weighted by molar-refractivity contribution is 7.89. The summed E-state index contributed by atoms with van der Waals surface area (Å²) in [6.45, 7) is 3.48. The van der Waals surface area contributed by atoms with Crippen LogP contribution in [-0.2, 0) is 14.8 Å². The Morgan fingerprint density at radius 1 is 1.41 bits per heavy atom. The molecule has 3 atom stereocenters. The topological polar surface area (TPSA) is 95.9 Å². The third-order valence-electron chi connectivity index (χ3n) is 5.21. The average Bonchev–Trinajstić information content (AvgIpc) is 3.29. The summed E-state index contributed by atoms with van der Waals surface area (Å²) in [5, 5.41) is 10.1. The molecule has 1 aromatic carbocycles. The van der Waals surface area contributed by atoms with Gasteiger partial charge in [-0.15, -0.1) is 0 Å². The van der Waals surface area contributed by atoms with Crippen LogP contribution in [0.3, 0.4) is 0 Å².